The summed E-state index contributed by atoms with van der Waals surface area (Å²) in [7, 11) is 0. The summed E-state index contributed by atoms with van der Waals surface area (Å²) in [5.41, 5.74) is 0.668. The minimum absolute atomic E-state index is 0.0221. The first-order valence-electron chi connectivity index (χ1n) is 7.75. The number of thioether (sulfide) groups is 1. The van der Waals surface area contributed by atoms with Gasteiger partial charge < -0.3 is 5.32 Å². The second-order valence-corrected chi connectivity index (χ2v) is 7.75. The van der Waals surface area contributed by atoms with Crippen LogP contribution >= 0.6 is 11.8 Å². The number of hydrogen-bond donors (Lipinski definition) is 1. The van der Waals surface area contributed by atoms with E-state index < -0.39 is 0 Å². The van der Waals surface area contributed by atoms with Gasteiger partial charge in [-0.25, -0.2) is 0 Å². The normalized spacial score (nSPS) is 12.7. The molecule has 1 atom stereocenters. The molecule has 0 aromatic carbocycles. The molecular weight excluding hydrogens is 322 g/mol. The smallest absolute Gasteiger partial charge is 0.233 e. The van der Waals surface area contributed by atoms with Gasteiger partial charge in [0.2, 0.25) is 5.91 Å². The van der Waals surface area contributed by atoms with Crippen LogP contribution in [0.4, 0.5) is 0 Å². The van der Waals surface area contributed by atoms with Crippen molar-refractivity contribution in [2.75, 3.05) is 0 Å². The minimum atomic E-state index is -0.276. The van der Waals surface area contributed by atoms with E-state index in [2.05, 4.69) is 27.1 Å². The molecule has 0 spiro atoms. The molecule has 7 heteroatoms. The maximum atomic E-state index is 12.3. The van der Waals surface area contributed by atoms with Crippen LogP contribution in [0.2, 0.25) is 0 Å². The molecule has 0 fully saturated rings. The Morgan fingerprint density at radius 3 is 2.62 bits per heavy atom. The second kappa shape index (κ2) is 7.61. The first kappa shape index (κ1) is 18.2. The van der Waals surface area contributed by atoms with Crippen LogP contribution in [-0.2, 0) is 11.3 Å². The molecule has 0 saturated heterocycles. The fraction of sp³-hybridized carbons (Fsp3) is 0.412. The summed E-state index contributed by atoms with van der Waals surface area (Å²) >= 11 is 1.39. The Bertz CT molecular complexity index is 706. The number of aromatic nitrogens is 4. The van der Waals surface area contributed by atoms with Crippen LogP contribution in [0, 0.1) is 0 Å². The molecule has 0 aliphatic carbocycles. The van der Waals surface area contributed by atoms with Crippen LogP contribution in [0.5, 0.6) is 0 Å². The summed E-state index contributed by atoms with van der Waals surface area (Å²) in [5, 5.41) is 11.9. The van der Waals surface area contributed by atoms with Gasteiger partial charge in [0.15, 0.2) is 11.0 Å². The van der Waals surface area contributed by atoms with Crippen molar-refractivity contribution in [2.45, 2.75) is 50.2 Å². The molecule has 2 rings (SSSR count). The molecule has 2 aromatic rings. The maximum absolute atomic E-state index is 12.3. The number of hydrogen-bond acceptors (Lipinski definition) is 5. The topological polar surface area (TPSA) is 72.7 Å². The number of carbonyl (C=O) groups is 1. The van der Waals surface area contributed by atoms with Crippen LogP contribution < -0.4 is 5.32 Å². The average Bonchev–Trinajstić information content (AvgIpc) is 2.90. The molecule has 6 nitrogen and oxygen atoms in total. The standard InChI is InChI=1S/C17H23N5OS/c1-6-11-22-14(13-7-9-18-10-8-13)20-21-16(22)24-12(2)15(23)19-17(3,4)5/h6-10,12H,1,11H2,2-5H3,(H,19,23). The van der Waals surface area contributed by atoms with E-state index in [0.717, 1.165) is 11.4 Å². The molecule has 0 aliphatic heterocycles. The third-order valence-electron chi connectivity index (χ3n) is 3.12. The van der Waals surface area contributed by atoms with E-state index >= 15 is 0 Å². The molecule has 1 unspecified atom stereocenters. The monoisotopic (exact) mass is 345 g/mol. The molecule has 24 heavy (non-hydrogen) atoms. The van der Waals surface area contributed by atoms with E-state index in [1.165, 1.54) is 11.8 Å². The molecule has 0 aliphatic rings. The summed E-state index contributed by atoms with van der Waals surface area (Å²) in [6.45, 7) is 12.1. The van der Waals surface area contributed by atoms with E-state index in [9.17, 15) is 4.79 Å². The molecule has 0 bridgehead atoms. The highest BCUT2D eigenvalue weighted by Crippen LogP contribution is 2.27. The Labute approximate surface area is 146 Å². The Kier molecular flexibility index (Phi) is 5.77. The number of carbonyl (C=O) groups excluding carboxylic acids is 1. The summed E-state index contributed by atoms with van der Waals surface area (Å²) in [4.78, 5) is 16.3. The third kappa shape index (κ3) is 4.67. The van der Waals surface area contributed by atoms with E-state index in [1.807, 2.05) is 44.4 Å². The fourth-order valence-electron chi connectivity index (χ4n) is 2.07. The highest BCUT2D eigenvalue weighted by atomic mass is 32.2. The van der Waals surface area contributed by atoms with Crippen LogP contribution in [0.15, 0.2) is 42.3 Å². The third-order valence-corrected chi connectivity index (χ3v) is 4.20. The molecular formula is C17H23N5OS. The zero-order valence-electron chi connectivity index (χ0n) is 14.5. The Morgan fingerprint density at radius 2 is 2.04 bits per heavy atom. The van der Waals surface area contributed by atoms with Crippen LogP contribution in [0.3, 0.4) is 0 Å². The second-order valence-electron chi connectivity index (χ2n) is 6.44. The van der Waals surface area contributed by atoms with Crippen LogP contribution in [0.1, 0.15) is 27.7 Å². The average molecular weight is 345 g/mol. The largest absolute Gasteiger partial charge is 0.351 e. The van der Waals surface area contributed by atoms with Crippen LogP contribution in [-0.4, -0.2) is 36.4 Å². The van der Waals surface area contributed by atoms with Gasteiger partial charge in [0.05, 0.1) is 5.25 Å². The molecule has 2 heterocycles. The zero-order chi connectivity index (χ0) is 17.7. The zero-order valence-corrected chi connectivity index (χ0v) is 15.3. The number of allylic oxidation sites excluding steroid dienone is 1. The van der Waals surface area contributed by atoms with E-state index in [1.54, 1.807) is 18.5 Å². The maximum Gasteiger partial charge on any atom is 0.233 e. The van der Waals surface area contributed by atoms with Crippen molar-refractivity contribution in [2.24, 2.45) is 0 Å². The van der Waals surface area contributed by atoms with Crippen molar-refractivity contribution in [3.63, 3.8) is 0 Å². The van der Waals surface area contributed by atoms with E-state index in [4.69, 9.17) is 0 Å². The van der Waals surface area contributed by atoms with Gasteiger partial charge in [-0.2, -0.15) is 0 Å². The SMILES string of the molecule is C=CCn1c(SC(C)C(=O)NC(C)(C)C)nnc1-c1ccncc1. The van der Waals surface area contributed by atoms with Gasteiger partial charge in [-0.3, -0.25) is 14.3 Å². The Hall–Kier alpha value is -2.15. The lowest BCUT2D eigenvalue weighted by molar-refractivity contribution is -0.121. The van der Waals surface area contributed by atoms with Crippen molar-refractivity contribution in [1.82, 2.24) is 25.1 Å². The van der Waals surface area contributed by atoms with Gasteiger partial charge in [0.1, 0.15) is 0 Å². The molecule has 1 amide bonds. The molecule has 0 saturated carbocycles. The van der Waals surface area contributed by atoms with Crippen molar-refractivity contribution in [1.29, 1.82) is 0 Å². The molecule has 2 aromatic heterocycles. The van der Waals surface area contributed by atoms with Gasteiger partial charge in [-0.1, -0.05) is 17.8 Å². The lowest BCUT2D eigenvalue weighted by Gasteiger charge is -2.22. The summed E-state index contributed by atoms with van der Waals surface area (Å²) in [5.74, 6) is 0.717. The summed E-state index contributed by atoms with van der Waals surface area (Å²) in [6.07, 6.45) is 5.22. The molecule has 128 valence electrons. The predicted molar refractivity (Wildman–Crippen MR) is 96.7 cm³/mol. The van der Waals surface area contributed by atoms with Gasteiger partial charge >= 0.3 is 0 Å². The van der Waals surface area contributed by atoms with E-state index in [0.29, 0.717) is 11.7 Å². The number of amides is 1. The highest BCUT2D eigenvalue weighted by molar-refractivity contribution is 8.00. The lowest BCUT2D eigenvalue weighted by atomic mass is 10.1. The molecule has 0 radical (unpaired) electrons. The van der Waals surface area contributed by atoms with Crippen molar-refractivity contribution in [3.05, 3.63) is 37.2 Å². The number of nitrogens with one attached hydrogen (secondary N) is 1. The van der Waals surface area contributed by atoms with Gasteiger partial charge in [0.25, 0.3) is 0 Å². The van der Waals surface area contributed by atoms with Crippen molar-refractivity contribution in [3.8, 4) is 11.4 Å². The predicted octanol–water partition coefficient (Wildman–Crippen LogP) is 2.92. The first-order chi connectivity index (χ1) is 11.3. The highest BCUT2D eigenvalue weighted by Gasteiger charge is 2.23. The quantitative estimate of drug-likeness (QED) is 0.644. The first-order valence-corrected chi connectivity index (χ1v) is 8.63. The van der Waals surface area contributed by atoms with Crippen molar-refractivity contribution >= 4 is 17.7 Å². The summed E-state index contributed by atoms with van der Waals surface area (Å²) in [6, 6.07) is 3.77. The van der Waals surface area contributed by atoms with E-state index in [-0.39, 0.29) is 16.7 Å². The lowest BCUT2D eigenvalue weighted by Crippen LogP contribution is -2.44. The van der Waals surface area contributed by atoms with Crippen LogP contribution in [0.25, 0.3) is 11.4 Å². The van der Waals surface area contributed by atoms with Crippen molar-refractivity contribution < 1.29 is 4.79 Å². The Balaban J connectivity index is 2.23. The molecule has 1 N–H and O–H groups in total. The van der Waals surface area contributed by atoms with Gasteiger partial charge in [-0.15, -0.1) is 16.8 Å². The summed E-state index contributed by atoms with van der Waals surface area (Å²) < 4.78 is 1.95. The fourth-order valence-corrected chi connectivity index (χ4v) is 2.93. The minimum Gasteiger partial charge on any atom is -0.351 e. The number of pyridine rings is 1. The number of nitrogens with zero attached hydrogens (tertiary/aromatic N) is 4. The van der Waals surface area contributed by atoms with Gasteiger partial charge in [0, 0.05) is 30.0 Å². The number of rotatable bonds is 6. The van der Waals surface area contributed by atoms with Gasteiger partial charge in [-0.05, 0) is 39.8 Å². The Morgan fingerprint density at radius 1 is 1.38 bits per heavy atom.